The first-order chi connectivity index (χ1) is 15.3. The minimum absolute atomic E-state index is 0.822. The lowest BCUT2D eigenvalue weighted by Crippen LogP contribution is -2.46. The van der Waals surface area contributed by atoms with Gasteiger partial charge < -0.3 is 4.90 Å². The van der Waals surface area contributed by atoms with Gasteiger partial charge in [-0.15, -0.1) is 11.3 Å². The molecule has 160 valence electrons. The van der Waals surface area contributed by atoms with E-state index in [1.54, 1.807) is 0 Å². The molecule has 6 rings (SSSR count). The summed E-state index contributed by atoms with van der Waals surface area (Å²) in [5.74, 6) is 0. The van der Waals surface area contributed by atoms with Crippen LogP contribution in [-0.2, 0) is 6.54 Å². The number of benzene rings is 2. The van der Waals surface area contributed by atoms with Crippen molar-refractivity contribution in [3.05, 3.63) is 54.1 Å². The van der Waals surface area contributed by atoms with Crippen molar-refractivity contribution in [2.45, 2.75) is 44.7 Å². The molecule has 4 aromatic rings. The van der Waals surface area contributed by atoms with Crippen molar-refractivity contribution in [3.63, 3.8) is 0 Å². The fourth-order valence-electron chi connectivity index (χ4n) is 5.43. The quantitative estimate of drug-likeness (QED) is 0.438. The summed E-state index contributed by atoms with van der Waals surface area (Å²) in [4.78, 5) is 5.39. The van der Waals surface area contributed by atoms with E-state index in [-0.39, 0.29) is 0 Å². The zero-order chi connectivity index (χ0) is 20.6. The smallest absolute Gasteiger partial charge is 0.110 e. The molecule has 4 heterocycles. The molecule has 2 saturated heterocycles. The molecule has 0 atom stereocenters. The summed E-state index contributed by atoms with van der Waals surface area (Å²) >= 11 is 1.83. The summed E-state index contributed by atoms with van der Waals surface area (Å²) in [6, 6.07) is 18.5. The molecular formula is C26H30N4S. The van der Waals surface area contributed by atoms with E-state index in [0.717, 1.165) is 23.8 Å². The Hall–Kier alpha value is -2.21. The third kappa shape index (κ3) is 3.79. The Labute approximate surface area is 187 Å². The second-order valence-electron chi connectivity index (χ2n) is 9.18. The molecule has 5 heteroatoms. The van der Waals surface area contributed by atoms with Crippen LogP contribution in [0.25, 0.3) is 31.6 Å². The lowest BCUT2D eigenvalue weighted by molar-refractivity contribution is 0.0896. The van der Waals surface area contributed by atoms with Crippen molar-refractivity contribution in [2.24, 2.45) is 0 Å². The number of H-pyrrole nitrogens is 1. The lowest BCUT2D eigenvalue weighted by atomic mass is 9.99. The van der Waals surface area contributed by atoms with Crippen LogP contribution >= 0.6 is 11.3 Å². The Morgan fingerprint density at radius 1 is 0.903 bits per heavy atom. The maximum Gasteiger partial charge on any atom is 0.110 e. The average molecular weight is 431 g/mol. The van der Waals surface area contributed by atoms with Crippen molar-refractivity contribution in [2.75, 3.05) is 26.2 Å². The highest BCUT2D eigenvalue weighted by Crippen LogP contribution is 2.38. The van der Waals surface area contributed by atoms with Crippen LogP contribution in [0.2, 0.25) is 0 Å². The molecule has 0 radical (unpaired) electrons. The van der Waals surface area contributed by atoms with Crippen LogP contribution < -0.4 is 0 Å². The van der Waals surface area contributed by atoms with Gasteiger partial charge in [0.25, 0.3) is 0 Å². The predicted octanol–water partition coefficient (Wildman–Crippen LogP) is 5.89. The topological polar surface area (TPSA) is 35.2 Å². The van der Waals surface area contributed by atoms with E-state index in [1.807, 2.05) is 11.3 Å². The maximum absolute atomic E-state index is 4.64. The van der Waals surface area contributed by atoms with Gasteiger partial charge in [-0.05, 0) is 63.5 Å². The van der Waals surface area contributed by atoms with Gasteiger partial charge in [-0.1, -0.05) is 48.9 Å². The molecule has 4 nitrogen and oxygen atoms in total. The molecule has 1 N–H and O–H groups in total. The molecule has 0 spiro atoms. The van der Waals surface area contributed by atoms with Crippen LogP contribution in [0.1, 0.15) is 37.7 Å². The van der Waals surface area contributed by atoms with Crippen LogP contribution in [0.15, 0.2) is 48.5 Å². The molecule has 31 heavy (non-hydrogen) atoms. The van der Waals surface area contributed by atoms with Gasteiger partial charge >= 0.3 is 0 Å². The number of rotatable bonds is 4. The highest BCUT2D eigenvalue weighted by molar-refractivity contribution is 7.26. The number of thiophene rings is 1. The van der Waals surface area contributed by atoms with E-state index >= 15 is 0 Å². The number of nitrogens with zero attached hydrogens (tertiary/aromatic N) is 3. The predicted molar refractivity (Wildman–Crippen MR) is 131 cm³/mol. The lowest BCUT2D eigenvalue weighted by Gasteiger charge is -2.40. The fraction of sp³-hybridized carbons (Fsp3) is 0.423. The van der Waals surface area contributed by atoms with E-state index in [9.17, 15) is 0 Å². The van der Waals surface area contributed by atoms with Crippen LogP contribution in [0, 0.1) is 0 Å². The van der Waals surface area contributed by atoms with E-state index in [2.05, 4.69) is 68.5 Å². The molecule has 0 saturated carbocycles. The zero-order valence-corrected chi connectivity index (χ0v) is 18.8. The number of fused-ring (bicyclic) bond motifs is 3. The molecule has 0 bridgehead atoms. The van der Waals surface area contributed by atoms with Gasteiger partial charge in [0, 0.05) is 28.2 Å². The standard InChI is InChI=1S/C26H30N4S/c1-4-14-30(15-5-1)21-12-16-29(17-13-21)18-19-8-10-20(11-9-19)24-26-25(28-27-24)22-6-2-3-7-23(22)31-26/h2-3,6-11,21H,1,4-5,12-18H2,(H,27,28). The molecule has 2 aromatic heterocycles. The van der Waals surface area contributed by atoms with Gasteiger partial charge in [-0.25, -0.2) is 0 Å². The summed E-state index contributed by atoms with van der Waals surface area (Å²) in [7, 11) is 0. The zero-order valence-electron chi connectivity index (χ0n) is 18.0. The van der Waals surface area contributed by atoms with E-state index in [1.165, 1.54) is 84.2 Å². The van der Waals surface area contributed by atoms with Gasteiger partial charge in [0.2, 0.25) is 0 Å². The first-order valence-electron chi connectivity index (χ1n) is 11.8. The van der Waals surface area contributed by atoms with Gasteiger partial charge in [-0.2, -0.15) is 5.10 Å². The summed E-state index contributed by atoms with van der Waals surface area (Å²) in [6.45, 7) is 6.17. The normalized spacial score (nSPS) is 19.5. The molecule has 0 amide bonds. The van der Waals surface area contributed by atoms with Gasteiger partial charge in [0.05, 0.1) is 10.2 Å². The second-order valence-corrected chi connectivity index (χ2v) is 10.2. The van der Waals surface area contributed by atoms with E-state index < -0.39 is 0 Å². The van der Waals surface area contributed by atoms with Gasteiger partial charge in [0.15, 0.2) is 0 Å². The number of hydrogen-bond donors (Lipinski definition) is 1. The van der Waals surface area contributed by atoms with Crippen LogP contribution in [0.3, 0.4) is 0 Å². The highest BCUT2D eigenvalue weighted by atomic mass is 32.1. The Bertz CT molecular complexity index is 1160. The molecule has 2 aliphatic heterocycles. The summed E-state index contributed by atoms with van der Waals surface area (Å²) in [5, 5.41) is 9.18. The molecule has 2 fully saturated rings. The second kappa shape index (κ2) is 8.38. The van der Waals surface area contributed by atoms with E-state index in [4.69, 9.17) is 0 Å². The number of hydrogen-bond acceptors (Lipinski definition) is 4. The average Bonchev–Trinajstić information content (AvgIpc) is 3.40. The molecule has 2 aromatic carbocycles. The first-order valence-corrected chi connectivity index (χ1v) is 12.6. The highest BCUT2D eigenvalue weighted by Gasteiger charge is 2.25. The van der Waals surface area contributed by atoms with Crippen LogP contribution in [-0.4, -0.2) is 52.2 Å². The minimum Gasteiger partial charge on any atom is -0.300 e. The number of nitrogens with one attached hydrogen (secondary N) is 1. The summed E-state index contributed by atoms with van der Waals surface area (Å²) in [5.41, 5.74) is 4.84. The summed E-state index contributed by atoms with van der Waals surface area (Å²) in [6.07, 6.45) is 6.88. The third-order valence-electron chi connectivity index (χ3n) is 7.19. The number of aromatic amines is 1. The van der Waals surface area contributed by atoms with Crippen molar-refractivity contribution in [3.8, 4) is 11.3 Å². The Balaban J connectivity index is 1.13. The minimum atomic E-state index is 0.822. The van der Waals surface area contributed by atoms with Crippen molar-refractivity contribution in [1.82, 2.24) is 20.0 Å². The number of likely N-dealkylation sites (tertiary alicyclic amines) is 2. The number of piperidine rings is 2. The Morgan fingerprint density at radius 2 is 1.68 bits per heavy atom. The third-order valence-corrected chi connectivity index (χ3v) is 8.37. The number of aromatic nitrogens is 2. The molecule has 0 unspecified atom stereocenters. The van der Waals surface area contributed by atoms with Crippen molar-refractivity contribution >= 4 is 31.6 Å². The molecule has 2 aliphatic rings. The van der Waals surface area contributed by atoms with Gasteiger partial charge in [-0.3, -0.25) is 10.00 Å². The Kier molecular flexibility index (Phi) is 5.26. The largest absolute Gasteiger partial charge is 0.300 e. The van der Waals surface area contributed by atoms with Crippen LogP contribution in [0.4, 0.5) is 0 Å². The first kappa shape index (κ1) is 19.5. The van der Waals surface area contributed by atoms with Gasteiger partial charge in [0.1, 0.15) is 5.69 Å². The Morgan fingerprint density at radius 3 is 2.48 bits per heavy atom. The molecular weight excluding hydrogens is 400 g/mol. The van der Waals surface area contributed by atoms with Crippen molar-refractivity contribution < 1.29 is 0 Å². The fourth-order valence-corrected chi connectivity index (χ4v) is 6.60. The van der Waals surface area contributed by atoms with Crippen molar-refractivity contribution in [1.29, 1.82) is 0 Å². The monoisotopic (exact) mass is 430 g/mol. The SMILES string of the molecule is c1ccc2c(c1)sc1c(-c3ccc(CN4CCC(N5CCCCC5)CC4)cc3)n[nH]c12. The molecule has 0 aliphatic carbocycles. The van der Waals surface area contributed by atoms with E-state index in [0.29, 0.717) is 0 Å². The maximum atomic E-state index is 4.64. The summed E-state index contributed by atoms with van der Waals surface area (Å²) < 4.78 is 2.57. The van der Waals surface area contributed by atoms with Crippen LogP contribution in [0.5, 0.6) is 0 Å².